The second-order valence-electron chi connectivity index (χ2n) is 4.15. The van der Waals surface area contributed by atoms with Gasteiger partial charge in [-0.2, -0.15) is 0 Å². The van der Waals surface area contributed by atoms with E-state index in [1.54, 1.807) is 0 Å². The van der Waals surface area contributed by atoms with Gasteiger partial charge in [-0.1, -0.05) is 18.2 Å². The first kappa shape index (κ1) is 11.9. The van der Waals surface area contributed by atoms with Crippen molar-refractivity contribution in [2.75, 3.05) is 13.1 Å². The van der Waals surface area contributed by atoms with Crippen molar-refractivity contribution in [3.8, 4) is 5.75 Å². The van der Waals surface area contributed by atoms with Crippen LogP contribution in [-0.2, 0) is 11.2 Å². The predicted octanol–water partition coefficient (Wildman–Crippen LogP) is -0.00840. The first-order valence-corrected chi connectivity index (χ1v) is 5.60. The molecule has 1 aliphatic heterocycles. The molecule has 1 aromatic rings. The molecular weight excluding hydrogens is 220 g/mol. The molecule has 92 valence electrons. The number of benzene rings is 1. The van der Waals surface area contributed by atoms with Crippen molar-refractivity contribution in [1.29, 1.82) is 0 Å². The third kappa shape index (κ3) is 2.95. The predicted molar refractivity (Wildman–Crippen MR) is 63.0 cm³/mol. The summed E-state index contributed by atoms with van der Waals surface area (Å²) in [4.78, 5) is 10.5. The number of nitrogens with two attached hydrogens (primary N) is 1. The van der Waals surface area contributed by atoms with E-state index in [0.717, 1.165) is 12.2 Å². The molecule has 0 spiro atoms. The summed E-state index contributed by atoms with van der Waals surface area (Å²) in [5, 5.41) is 11.6. The van der Waals surface area contributed by atoms with Gasteiger partial charge in [-0.25, -0.2) is 0 Å². The Balaban J connectivity index is 1.75. The highest BCUT2D eigenvalue weighted by atomic mass is 16.5. The largest absolute Gasteiger partial charge is 0.488 e. The smallest absolute Gasteiger partial charge is 0.321 e. The quantitative estimate of drug-likeness (QED) is 0.669. The lowest BCUT2D eigenvalue weighted by Gasteiger charge is -2.13. The van der Waals surface area contributed by atoms with Crippen LogP contribution in [0.25, 0.3) is 0 Å². The zero-order chi connectivity index (χ0) is 12.3. The number of carboxylic acid groups (broad SMARTS) is 1. The molecule has 1 heterocycles. The standard InChI is InChI=1S/C12H16N2O3/c13-10(12(15)16)7-14-6-9-5-8-3-1-2-4-11(8)17-9/h1-4,9-10,14H,5-7,13H2,(H,15,16). The van der Waals surface area contributed by atoms with Crippen molar-refractivity contribution in [2.24, 2.45) is 5.73 Å². The molecule has 0 fully saturated rings. The summed E-state index contributed by atoms with van der Waals surface area (Å²) in [6.45, 7) is 0.862. The highest BCUT2D eigenvalue weighted by Crippen LogP contribution is 2.27. The fraction of sp³-hybridized carbons (Fsp3) is 0.417. The van der Waals surface area contributed by atoms with Crippen molar-refractivity contribution in [2.45, 2.75) is 18.6 Å². The molecule has 0 radical (unpaired) electrons. The van der Waals surface area contributed by atoms with E-state index < -0.39 is 12.0 Å². The van der Waals surface area contributed by atoms with Gasteiger partial charge >= 0.3 is 5.97 Å². The highest BCUT2D eigenvalue weighted by molar-refractivity contribution is 5.73. The van der Waals surface area contributed by atoms with Gasteiger partial charge in [0.05, 0.1) is 0 Å². The Bertz CT molecular complexity index is 383. The molecule has 2 atom stereocenters. The Morgan fingerprint density at radius 2 is 2.35 bits per heavy atom. The number of fused-ring (bicyclic) bond motifs is 1. The Morgan fingerprint density at radius 1 is 1.59 bits per heavy atom. The number of para-hydroxylation sites is 1. The van der Waals surface area contributed by atoms with Crippen molar-refractivity contribution < 1.29 is 14.6 Å². The van der Waals surface area contributed by atoms with Crippen LogP contribution in [-0.4, -0.2) is 36.3 Å². The van der Waals surface area contributed by atoms with Crippen LogP contribution < -0.4 is 15.8 Å². The Morgan fingerprint density at radius 3 is 3.06 bits per heavy atom. The fourth-order valence-corrected chi connectivity index (χ4v) is 1.85. The lowest BCUT2D eigenvalue weighted by Crippen LogP contribution is -2.43. The van der Waals surface area contributed by atoms with E-state index in [1.807, 2.05) is 24.3 Å². The second-order valence-corrected chi connectivity index (χ2v) is 4.15. The van der Waals surface area contributed by atoms with Gasteiger partial charge in [0.15, 0.2) is 0 Å². The summed E-state index contributed by atoms with van der Waals surface area (Å²) in [6.07, 6.45) is 0.916. The van der Waals surface area contributed by atoms with Gasteiger partial charge in [0.25, 0.3) is 0 Å². The molecule has 4 N–H and O–H groups in total. The average Bonchev–Trinajstić information content (AvgIpc) is 2.71. The molecule has 0 aliphatic carbocycles. The van der Waals surface area contributed by atoms with Crippen LogP contribution in [0, 0.1) is 0 Å². The number of carbonyl (C=O) groups is 1. The van der Waals surface area contributed by atoms with E-state index in [1.165, 1.54) is 5.56 Å². The summed E-state index contributed by atoms with van der Waals surface area (Å²) >= 11 is 0. The van der Waals surface area contributed by atoms with E-state index in [0.29, 0.717) is 6.54 Å². The molecule has 1 aromatic carbocycles. The van der Waals surface area contributed by atoms with Gasteiger partial charge in [0, 0.05) is 19.5 Å². The number of rotatable bonds is 5. The van der Waals surface area contributed by atoms with Crippen LogP contribution in [0.5, 0.6) is 5.75 Å². The molecule has 17 heavy (non-hydrogen) atoms. The number of hydrogen-bond acceptors (Lipinski definition) is 4. The minimum Gasteiger partial charge on any atom is -0.488 e. The number of hydrogen-bond donors (Lipinski definition) is 3. The summed E-state index contributed by atoms with van der Waals surface area (Å²) in [6, 6.07) is 7.04. The maximum absolute atomic E-state index is 10.5. The van der Waals surface area contributed by atoms with Gasteiger partial charge < -0.3 is 20.9 Å². The SMILES string of the molecule is NC(CNCC1Cc2ccccc2O1)C(=O)O. The lowest BCUT2D eigenvalue weighted by atomic mass is 10.1. The van der Waals surface area contributed by atoms with E-state index in [2.05, 4.69) is 5.32 Å². The molecule has 0 saturated heterocycles. The normalized spacial score (nSPS) is 19.5. The van der Waals surface area contributed by atoms with Crippen LogP contribution in [0.15, 0.2) is 24.3 Å². The lowest BCUT2D eigenvalue weighted by molar-refractivity contribution is -0.138. The van der Waals surface area contributed by atoms with Crippen molar-refractivity contribution in [3.05, 3.63) is 29.8 Å². The van der Waals surface area contributed by atoms with Crippen LogP contribution >= 0.6 is 0 Å². The minimum absolute atomic E-state index is 0.0633. The summed E-state index contributed by atoms with van der Waals surface area (Å²) < 4.78 is 5.70. The summed E-state index contributed by atoms with van der Waals surface area (Å²) in [5.74, 6) is -0.0741. The number of nitrogens with one attached hydrogen (secondary N) is 1. The van der Waals surface area contributed by atoms with Crippen molar-refractivity contribution in [1.82, 2.24) is 5.32 Å². The molecule has 0 saturated carbocycles. The molecule has 0 aromatic heterocycles. The molecule has 1 aliphatic rings. The third-order valence-electron chi connectivity index (χ3n) is 2.77. The molecule has 0 bridgehead atoms. The average molecular weight is 236 g/mol. The zero-order valence-corrected chi connectivity index (χ0v) is 9.43. The number of aliphatic carboxylic acids is 1. The van der Waals surface area contributed by atoms with E-state index >= 15 is 0 Å². The second kappa shape index (κ2) is 5.16. The maximum atomic E-state index is 10.5. The summed E-state index contributed by atoms with van der Waals surface area (Å²) in [5.41, 5.74) is 6.58. The van der Waals surface area contributed by atoms with Gasteiger partial charge in [0.1, 0.15) is 17.9 Å². The minimum atomic E-state index is -0.992. The molecule has 0 amide bonds. The Kier molecular flexibility index (Phi) is 3.61. The Labute approximate surface area is 99.6 Å². The van der Waals surface area contributed by atoms with Gasteiger partial charge in [-0.3, -0.25) is 4.79 Å². The molecule has 2 unspecified atom stereocenters. The topological polar surface area (TPSA) is 84.6 Å². The van der Waals surface area contributed by atoms with Gasteiger partial charge in [-0.05, 0) is 11.6 Å². The monoisotopic (exact) mass is 236 g/mol. The van der Waals surface area contributed by atoms with E-state index in [-0.39, 0.29) is 12.6 Å². The first-order chi connectivity index (χ1) is 8.16. The van der Waals surface area contributed by atoms with Crippen LogP contribution in [0.2, 0.25) is 0 Å². The molecular formula is C12H16N2O3. The first-order valence-electron chi connectivity index (χ1n) is 5.60. The highest BCUT2D eigenvalue weighted by Gasteiger charge is 2.22. The third-order valence-corrected chi connectivity index (χ3v) is 2.77. The molecule has 5 nitrogen and oxygen atoms in total. The van der Waals surface area contributed by atoms with Crippen molar-refractivity contribution >= 4 is 5.97 Å². The molecule has 5 heteroatoms. The fourth-order valence-electron chi connectivity index (χ4n) is 1.85. The van der Waals surface area contributed by atoms with Crippen molar-refractivity contribution in [3.63, 3.8) is 0 Å². The number of carboxylic acids is 1. The van der Waals surface area contributed by atoms with Gasteiger partial charge in [0.2, 0.25) is 0 Å². The van der Waals surface area contributed by atoms with Crippen LogP contribution in [0.1, 0.15) is 5.56 Å². The summed E-state index contributed by atoms with van der Waals surface area (Å²) in [7, 11) is 0. The van der Waals surface area contributed by atoms with Gasteiger partial charge in [-0.15, -0.1) is 0 Å². The zero-order valence-electron chi connectivity index (χ0n) is 9.43. The molecule has 2 rings (SSSR count). The van der Waals surface area contributed by atoms with Crippen LogP contribution in [0.3, 0.4) is 0 Å². The maximum Gasteiger partial charge on any atom is 0.321 e. The Hall–Kier alpha value is -1.59. The van der Waals surface area contributed by atoms with E-state index in [9.17, 15) is 4.79 Å². The number of ether oxygens (including phenoxy) is 1. The van der Waals surface area contributed by atoms with Crippen LogP contribution in [0.4, 0.5) is 0 Å². The van der Waals surface area contributed by atoms with E-state index in [4.69, 9.17) is 15.6 Å².